The maximum Gasteiger partial charge on any atom is 0.257 e. The molecule has 0 unspecified atom stereocenters. The first kappa shape index (κ1) is 22.0. The molecule has 0 aliphatic heterocycles. The summed E-state index contributed by atoms with van der Waals surface area (Å²) in [6, 6.07) is 27.7. The van der Waals surface area contributed by atoms with Gasteiger partial charge in [-0.15, -0.1) is 0 Å². The van der Waals surface area contributed by atoms with E-state index < -0.39 is 0 Å². The monoisotopic (exact) mass is 474 g/mol. The van der Waals surface area contributed by atoms with Gasteiger partial charge in [0.15, 0.2) is 0 Å². The van der Waals surface area contributed by atoms with Crippen LogP contribution < -0.4 is 15.8 Å². The first-order valence-corrected chi connectivity index (χ1v) is 12.3. The minimum absolute atomic E-state index is 0.152. The van der Waals surface area contributed by atoms with Gasteiger partial charge in [-0.25, -0.2) is 4.98 Å². The number of carbonyl (C=O) groups is 1. The molecule has 1 aliphatic rings. The van der Waals surface area contributed by atoms with E-state index in [0.29, 0.717) is 11.0 Å². The van der Waals surface area contributed by atoms with Gasteiger partial charge in [-0.05, 0) is 54.8 Å². The lowest BCUT2D eigenvalue weighted by Gasteiger charge is -2.39. The predicted octanol–water partition coefficient (Wildman–Crippen LogP) is 6.25. The molecular formula is C30H26N4O2. The normalized spacial score (nSPS) is 14.7. The summed E-state index contributed by atoms with van der Waals surface area (Å²) in [5, 5.41) is 5.82. The molecule has 6 nitrogen and oxygen atoms in total. The number of hydrogen-bond acceptors (Lipinski definition) is 4. The molecule has 1 aliphatic carbocycles. The number of rotatable bonds is 6. The van der Waals surface area contributed by atoms with E-state index in [1.54, 1.807) is 6.20 Å². The van der Waals surface area contributed by atoms with Crippen molar-refractivity contribution < 1.29 is 4.79 Å². The number of aromatic nitrogens is 2. The highest BCUT2D eigenvalue weighted by atomic mass is 16.1. The molecule has 0 atom stereocenters. The van der Waals surface area contributed by atoms with Gasteiger partial charge in [-0.2, -0.15) is 0 Å². The number of benzene rings is 3. The third-order valence-corrected chi connectivity index (χ3v) is 7.36. The van der Waals surface area contributed by atoms with Crippen LogP contribution in [0.2, 0.25) is 0 Å². The molecule has 0 bridgehead atoms. The van der Waals surface area contributed by atoms with Crippen LogP contribution in [0.15, 0.2) is 95.9 Å². The zero-order valence-corrected chi connectivity index (χ0v) is 19.8. The van der Waals surface area contributed by atoms with Gasteiger partial charge in [0.05, 0.1) is 11.2 Å². The molecule has 2 N–H and O–H groups in total. The topological polar surface area (TPSA) is 78.1 Å². The Labute approximate surface area is 208 Å². The second-order valence-corrected chi connectivity index (χ2v) is 9.33. The Morgan fingerprint density at radius 1 is 0.861 bits per heavy atom. The largest absolute Gasteiger partial charge is 0.355 e. The number of nitrogens with zero attached hydrogens (tertiary/aromatic N) is 2. The Morgan fingerprint density at radius 3 is 2.28 bits per heavy atom. The third kappa shape index (κ3) is 3.62. The summed E-state index contributed by atoms with van der Waals surface area (Å²) >= 11 is 0. The van der Waals surface area contributed by atoms with Crippen LogP contribution in [0.25, 0.3) is 21.8 Å². The van der Waals surface area contributed by atoms with Crippen molar-refractivity contribution in [3.63, 3.8) is 0 Å². The van der Waals surface area contributed by atoms with Gasteiger partial charge in [0.2, 0.25) is 6.41 Å². The molecule has 1 fully saturated rings. The highest BCUT2D eigenvalue weighted by Gasteiger charge is 2.41. The molecule has 3 aromatic carbocycles. The molecule has 1 amide bonds. The minimum Gasteiger partial charge on any atom is -0.355 e. The summed E-state index contributed by atoms with van der Waals surface area (Å²) in [5.74, 6) is 0. The number of hydrogen-bond donors (Lipinski definition) is 2. The van der Waals surface area contributed by atoms with Crippen molar-refractivity contribution in [1.29, 1.82) is 0 Å². The number of H-pyrrole nitrogens is 1. The molecule has 0 saturated heterocycles. The van der Waals surface area contributed by atoms with E-state index in [-0.39, 0.29) is 11.1 Å². The molecule has 0 radical (unpaired) electrons. The van der Waals surface area contributed by atoms with Gasteiger partial charge >= 0.3 is 0 Å². The Kier molecular flexibility index (Phi) is 5.49. The third-order valence-electron chi connectivity index (χ3n) is 7.36. The number of aromatic amines is 1. The highest BCUT2D eigenvalue weighted by Crippen LogP contribution is 2.45. The van der Waals surface area contributed by atoms with Crippen LogP contribution in [0.5, 0.6) is 0 Å². The van der Waals surface area contributed by atoms with Crippen molar-refractivity contribution in [3.05, 3.63) is 107 Å². The van der Waals surface area contributed by atoms with E-state index in [2.05, 4.69) is 27.4 Å². The number of pyridine rings is 2. The van der Waals surface area contributed by atoms with Crippen LogP contribution in [0.4, 0.5) is 17.1 Å². The number of fused-ring (bicyclic) bond motifs is 3. The van der Waals surface area contributed by atoms with Crippen LogP contribution in [-0.4, -0.2) is 16.4 Å². The minimum atomic E-state index is -0.315. The van der Waals surface area contributed by atoms with E-state index in [1.807, 2.05) is 77.7 Å². The summed E-state index contributed by atoms with van der Waals surface area (Å²) in [4.78, 5) is 34.1. The lowest BCUT2D eigenvalue weighted by molar-refractivity contribution is -0.108. The fourth-order valence-electron chi connectivity index (χ4n) is 5.65. The lowest BCUT2D eigenvalue weighted by atomic mass is 9.86. The van der Waals surface area contributed by atoms with Crippen LogP contribution in [0.1, 0.15) is 31.2 Å². The average Bonchev–Trinajstić information content (AvgIpc) is 3.42. The van der Waals surface area contributed by atoms with Gasteiger partial charge in [0.1, 0.15) is 5.65 Å². The first-order valence-electron chi connectivity index (χ1n) is 12.3. The van der Waals surface area contributed by atoms with Crippen molar-refractivity contribution >= 4 is 45.3 Å². The fourth-order valence-corrected chi connectivity index (χ4v) is 5.65. The van der Waals surface area contributed by atoms with Crippen molar-refractivity contribution in [1.82, 2.24) is 9.97 Å². The van der Waals surface area contributed by atoms with Crippen LogP contribution in [0.3, 0.4) is 0 Å². The molecule has 6 heteroatoms. The molecule has 0 spiro atoms. The van der Waals surface area contributed by atoms with E-state index in [0.717, 1.165) is 59.9 Å². The number of amides is 1. The van der Waals surface area contributed by atoms with E-state index >= 15 is 0 Å². The maximum absolute atomic E-state index is 12.5. The zero-order chi connectivity index (χ0) is 24.5. The van der Waals surface area contributed by atoms with Gasteiger partial charge in [-0.3, -0.25) is 9.59 Å². The number of nitrogens with one attached hydrogen (secondary N) is 2. The second-order valence-electron chi connectivity index (χ2n) is 9.33. The lowest BCUT2D eigenvalue weighted by Crippen LogP contribution is -2.43. The summed E-state index contributed by atoms with van der Waals surface area (Å²) in [5.41, 5.74) is 3.86. The summed E-state index contributed by atoms with van der Waals surface area (Å²) in [7, 11) is 0. The standard InChI is InChI=1S/C30H26N4O2/c35-20-34(30(17-6-7-18-30)21-8-2-1-3-9-21)23-14-12-22(13-15-23)32-26-16-19-31-28-27(26)24-10-4-5-11-25(24)29(36)33-28/h1-5,8-16,19-20H,6-7,17-18H2,(H2,31,32,33,36). The average molecular weight is 475 g/mol. The zero-order valence-electron chi connectivity index (χ0n) is 19.8. The fraction of sp³-hybridized carbons (Fsp3) is 0.167. The summed E-state index contributed by atoms with van der Waals surface area (Å²) in [6.45, 7) is 0. The molecule has 1 saturated carbocycles. The first-order chi connectivity index (χ1) is 17.7. The van der Waals surface area contributed by atoms with Crippen LogP contribution >= 0.6 is 0 Å². The second kappa shape index (κ2) is 8.96. The van der Waals surface area contributed by atoms with E-state index in [1.165, 1.54) is 5.56 Å². The Morgan fingerprint density at radius 2 is 1.56 bits per heavy atom. The van der Waals surface area contributed by atoms with E-state index in [9.17, 15) is 9.59 Å². The molecule has 2 heterocycles. The Bertz CT molecular complexity index is 1600. The molecule has 36 heavy (non-hydrogen) atoms. The van der Waals surface area contributed by atoms with Crippen molar-refractivity contribution in [2.24, 2.45) is 0 Å². The Hall–Kier alpha value is -4.45. The maximum atomic E-state index is 12.5. The quantitative estimate of drug-likeness (QED) is 0.225. The summed E-state index contributed by atoms with van der Waals surface area (Å²) < 4.78 is 0. The van der Waals surface area contributed by atoms with Gasteiger partial charge in [-0.1, -0.05) is 61.4 Å². The van der Waals surface area contributed by atoms with Crippen LogP contribution in [0, 0.1) is 0 Å². The van der Waals surface area contributed by atoms with Crippen LogP contribution in [-0.2, 0) is 10.3 Å². The van der Waals surface area contributed by atoms with Crippen molar-refractivity contribution in [3.8, 4) is 0 Å². The van der Waals surface area contributed by atoms with Crippen molar-refractivity contribution in [2.75, 3.05) is 10.2 Å². The smallest absolute Gasteiger partial charge is 0.257 e. The van der Waals surface area contributed by atoms with Gasteiger partial charge < -0.3 is 15.2 Å². The van der Waals surface area contributed by atoms with E-state index in [4.69, 9.17) is 0 Å². The van der Waals surface area contributed by atoms with Crippen molar-refractivity contribution in [2.45, 2.75) is 31.2 Å². The van der Waals surface area contributed by atoms with Gasteiger partial charge in [0.25, 0.3) is 5.56 Å². The molecule has 178 valence electrons. The molecule has 2 aromatic heterocycles. The SMILES string of the molecule is O=CN(c1ccc(Nc2ccnc3[nH]c(=O)c4ccccc4c23)cc1)C1(c2ccccc2)CCCC1. The number of carbonyl (C=O) groups excluding carboxylic acids is 1. The highest BCUT2D eigenvalue weighted by molar-refractivity contribution is 6.10. The van der Waals surface area contributed by atoms with Gasteiger partial charge in [0, 0.05) is 33.7 Å². The summed E-state index contributed by atoms with van der Waals surface area (Å²) in [6.07, 6.45) is 6.75. The molecular weight excluding hydrogens is 448 g/mol. The molecule has 6 rings (SSSR count). The number of anilines is 3. The molecule has 5 aromatic rings. The predicted molar refractivity (Wildman–Crippen MR) is 145 cm³/mol. The Balaban J connectivity index is 1.36.